The number of benzene rings is 1. The van der Waals surface area contributed by atoms with Crippen molar-refractivity contribution in [1.29, 1.82) is 0 Å². The fourth-order valence-electron chi connectivity index (χ4n) is 4.83. The molecule has 4 atom stereocenters. The molecule has 1 aromatic carbocycles. The van der Waals surface area contributed by atoms with E-state index in [1.54, 1.807) is 12.5 Å². The molecule has 4 aromatic rings. The highest BCUT2D eigenvalue weighted by Gasteiger charge is 2.56. The Morgan fingerprint density at radius 3 is 2.81 bits per heavy atom. The number of hydrogen-bond acceptors (Lipinski definition) is 8. The molecule has 0 amide bonds. The fourth-order valence-corrected chi connectivity index (χ4v) is 5.61. The molecule has 5 heterocycles. The van der Waals surface area contributed by atoms with E-state index in [1.165, 1.54) is 6.33 Å². The second kappa shape index (κ2) is 9.46. The number of aromatic nitrogens is 4. The highest BCUT2D eigenvalue weighted by molar-refractivity contribution is 14.1. The van der Waals surface area contributed by atoms with E-state index in [4.69, 9.17) is 18.9 Å². The molecule has 2 aliphatic rings. The van der Waals surface area contributed by atoms with Gasteiger partial charge >= 0.3 is 0 Å². The average molecular weight is 614 g/mol. The first-order valence-electron chi connectivity index (χ1n) is 12.0. The summed E-state index contributed by atoms with van der Waals surface area (Å²) in [6.07, 6.45) is 5.52. The van der Waals surface area contributed by atoms with Gasteiger partial charge in [0.2, 0.25) is 0 Å². The van der Waals surface area contributed by atoms with Crippen molar-refractivity contribution in [3.63, 3.8) is 0 Å². The Bertz CT molecular complexity index is 1490. The first-order valence-corrected chi connectivity index (χ1v) is 13.1. The Morgan fingerprint density at radius 1 is 1.14 bits per heavy atom. The zero-order valence-corrected chi connectivity index (χ0v) is 23.1. The predicted octanol–water partition coefficient (Wildman–Crippen LogP) is 4.30. The Labute approximate surface area is 227 Å². The Morgan fingerprint density at radius 2 is 1.97 bits per heavy atom. The number of nitrogens with zero attached hydrogens (tertiary/aromatic N) is 6. The third kappa shape index (κ3) is 4.54. The normalized spacial score (nSPS) is 24.8. The van der Waals surface area contributed by atoms with Crippen LogP contribution in [0.1, 0.15) is 20.1 Å². The number of rotatable bonds is 6. The number of pyridine rings is 1. The van der Waals surface area contributed by atoms with Crippen LogP contribution in [-0.4, -0.2) is 75.6 Å². The molecule has 2 aliphatic heterocycles. The average Bonchev–Trinajstić information content (AvgIpc) is 3.53. The van der Waals surface area contributed by atoms with Crippen molar-refractivity contribution < 1.29 is 18.9 Å². The minimum Gasteiger partial charge on any atom is -0.490 e. The molecule has 0 saturated carbocycles. The van der Waals surface area contributed by atoms with E-state index in [1.807, 2.05) is 73.9 Å². The van der Waals surface area contributed by atoms with Gasteiger partial charge in [0.25, 0.3) is 0 Å². The van der Waals surface area contributed by atoms with E-state index in [-0.39, 0.29) is 18.3 Å². The van der Waals surface area contributed by atoms with Crippen LogP contribution in [-0.2, 0) is 14.2 Å². The molecule has 11 heteroatoms. The summed E-state index contributed by atoms with van der Waals surface area (Å²) in [6, 6.07) is 9.90. The Hall–Kier alpha value is -2.87. The number of aliphatic imine (C=N–C) groups is 1. The van der Waals surface area contributed by atoms with E-state index in [0.717, 1.165) is 31.3 Å². The van der Waals surface area contributed by atoms with Crippen LogP contribution in [0.2, 0.25) is 0 Å². The van der Waals surface area contributed by atoms with E-state index in [9.17, 15) is 0 Å². The molecule has 0 aliphatic carbocycles. The van der Waals surface area contributed by atoms with Crippen LogP contribution in [0.15, 0.2) is 54.0 Å². The van der Waals surface area contributed by atoms with Gasteiger partial charge in [0.1, 0.15) is 42.6 Å². The molecule has 192 valence electrons. The van der Waals surface area contributed by atoms with Gasteiger partial charge in [-0.15, -0.1) is 0 Å². The summed E-state index contributed by atoms with van der Waals surface area (Å²) in [7, 11) is 3.83. The molecule has 2 saturated heterocycles. The van der Waals surface area contributed by atoms with Gasteiger partial charge in [-0.05, 0) is 60.7 Å². The third-order valence-electron chi connectivity index (χ3n) is 6.38. The molecule has 10 nitrogen and oxygen atoms in total. The quantitative estimate of drug-likeness (QED) is 0.180. The lowest BCUT2D eigenvalue weighted by Gasteiger charge is -2.25. The number of hydrogen-bond donors (Lipinski definition) is 0. The van der Waals surface area contributed by atoms with Crippen LogP contribution in [0.4, 0.5) is 5.82 Å². The maximum absolute atomic E-state index is 6.52. The van der Waals surface area contributed by atoms with Gasteiger partial charge in [0.05, 0.1) is 20.8 Å². The molecule has 0 radical (unpaired) electrons. The maximum Gasteiger partial charge on any atom is 0.166 e. The molecule has 6 rings (SSSR count). The van der Waals surface area contributed by atoms with E-state index < -0.39 is 12.0 Å². The van der Waals surface area contributed by atoms with Gasteiger partial charge in [0, 0.05) is 31.9 Å². The summed E-state index contributed by atoms with van der Waals surface area (Å²) in [4.78, 5) is 19.7. The second-order valence-corrected chi connectivity index (χ2v) is 10.8. The number of fused-ring (bicyclic) bond motifs is 3. The fraction of sp³-hybridized carbons (Fsp3) is 0.385. The molecule has 0 unspecified atom stereocenters. The van der Waals surface area contributed by atoms with Crippen molar-refractivity contribution in [3.05, 3.63) is 52.6 Å². The SMILES string of the molecule is CN(C)C=Nc1ncnc2c1ccn2[C@@H]1O[C@H](COc2ccc3cccnc3c2I)[C@H]2OC(C)(C)O[C@H]21. The van der Waals surface area contributed by atoms with Gasteiger partial charge in [-0.1, -0.05) is 6.07 Å². The lowest BCUT2D eigenvalue weighted by molar-refractivity contribution is -0.198. The molecule has 2 fully saturated rings. The molecule has 37 heavy (non-hydrogen) atoms. The van der Waals surface area contributed by atoms with Crippen molar-refractivity contribution in [2.45, 2.75) is 44.2 Å². The van der Waals surface area contributed by atoms with Crippen molar-refractivity contribution in [2.75, 3.05) is 20.7 Å². The first-order chi connectivity index (χ1) is 17.8. The Kier molecular flexibility index (Phi) is 6.25. The molecule has 3 aromatic heterocycles. The Balaban J connectivity index is 1.29. The maximum atomic E-state index is 6.52. The van der Waals surface area contributed by atoms with Gasteiger partial charge < -0.3 is 28.4 Å². The topological polar surface area (TPSA) is 96.1 Å². The monoisotopic (exact) mass is 614 g/mol. The molecular formula is C26H27IN6O4. The summed E-state index contributed by atoms with van der Waals surface area (Å²) in [5, 5.41) is 1.90. The van der Waals surface area contributed by atoms with Gasteiger partial charge in [0.15, 0.2) is 17.8 Å². The van der Waals surface area contributed by atoms with Crippen molar-refractivity contribution in [1.82, 2.24) is 24.4 Å². The van der Waals surface area contributed by atoms with Crippen molar-refractivity contribution >= 4 is 56.7 Å². The van der Waals surface area contributed by atoms with Gasteiger partial charge in [-0.2, -0.15) is 0 Å². The van der Waals surface area contributed by atoms with Crippen LogP contribution in [0.3, 0.4) is 0 Å². The van der Waals surface area contributed by atoms with Crippen molar-refractivity contribution in [3.8, 4) is 5.75 Å². The largest absolute Gasteiger partial charge is 0.490 e. The van der Waals surface area contributed by atoms with Crippen LogP contribution in [0.5, 0.6) is 5.75 Å². The highest BCUT2D eigenvalue weighted by atomic mass is 127. The summed E-state index contributed by atoms with van der Waals surface area (Å²) < 4.78 is 28.3. The summed E-state index contributed by atoms with van der Waals surface area (Å²) >= 11 is 2.28. The van der Waals surface area contributed by atoms with E-state index >= 15 is 0 Å². The third-order valence-corrected chi connectivity index (χ3v) is 7.42. The molecule has 0 bridgehead atoms. The van der Waals surface area contributed by atoms with Gasteiger partial charge in [-0.25, -0.2) is 15.0 Å². The minimum absolute atomic E-state index is 0.304. The standard InChI is InChI=1S/C26H27IN6O4/c1-26(2)36-21-18(12-34-17-8-7-15-6-5-10-28-20(15)19(17)27)35-25(22(21)37-26)33-11-9-16-23(31-14-32(3)4)29-13-30-24(16)33/h5-11,13-14,18,21-22,25H,12H2,1-4H3/t18-,21-,22-,25-/m1/s1. The van der Waals surface area contributed by atoms with Crippen LogP contribution >= 0.6 is 22.6 Å². The van der Waals surface area contributed by atoms with Crippen LogP contribution in [0, 0.1) is 3.57 Å². The lowest BCUT2D eigenvalue weighted by Crippen LogP contribution is -2.34. The lowest BCUT2D eigenvalue weighted by atomic mass is 10.1. The zero-order chi connectivity index (χ0) is 25.7. The summed E-state index contributed by atoms with van der Waals surface area (Å²) in [6.45, 7) is 4.14. The van der Waals surface area contributed by atoms with E-state index in [2.05, 4.69) is 42.5 Å². The molecule has 0 N–H and O–H groups in total. The first kappa shape index (κ1) is 24.5. The minimum atomic E-state index is -0.740. The van der Waals surface area contributed by atoms with Crippen molar-refractivity contribution in [2.24, 2.45) is 4.99 Å². The molecule has 0 spiro atoms. The second-order valence-electron chi connectivity index (χ2n) is 9.76. The zero-order valence-electron chi connectivity index (χ0n) is 20.9. The predicted molar refractivity (Wildman–Crippen MR) is 147 cm³/mol. The number of halogens is 1. The van der Waals surface area contributed by atoms with E-state index in [0.29, 0.717) is 12.4 Å². The smallest absolute Gasteiger partial charge is 0.166 e. The highest BCUT2D eigenvalue weighted by Crippen LogP contribution is 2.44. The summed E-state index contributed by atoms with van der Waals surface area (Å²) in [5.41, 5.74) is 1.63. The molecular weight excluding hydrogens is 587 g/mol. The number of ether oxygens (including phenoxy) is 4. The van der Waals surface area contributed by atoms with Crippen LogP contribution in [0.25, 0.3) is 21.9 Å². The van der Waals surface area contributed by atoms with Crippen LogP contribution < -0.4 is 4.74 Å². The van der Waals surface area contributed by atoms with Gasteiger partial charge in [-0.3, -0.25) is 4.98 Å². The summed E-state index contributed by atoms with van der Waals surface area (Å²) in [5.74, 6) is 0.613.